The van der Waals surface area contributed by atoms with Crippen molar-refractivity contribution in [3.05, 3.63) is 137 Å². The molecular formula is C52H56IrN4OSi-2. The SMILES string of the molecule is C[Si](C)(C)c1cnc(-c2[c-]cccc2)cc1CC1CCCCC1.Cc1cc(C)c(-n2c(-c3[c-]cc(C(C)C)c4c3oc3nc(C)ccc34)nc3ccccc32)c(C)c1.[Ir]. The van der Waals surface area contributed by atoms with Gasteiger partial charge >= 0.3 is 0 Å². The predicted molar refractivity (Wildman–Crippen MR) is 245 cm³/mol. The second-order valence-electron chi connectivity index (χ2n) is 17.9. The van der Waals surface area contributed by atoms with Crippen LogP contribution in [0.15, 0.2) is 95.5 Å². The maximum absolute atomic E-state index is 6.48. The quantitative estimate of drug-likeness (QED) is 0.118. The molecular weight excluding hydrogens is 917 g/mol. The number of aryl methyl sites for hydroxylation is 4. The third-order valence-electron chi connectivity index (χ3n) is 11.9. The molecule has 305 valence electrons. The Kier molecular flexibility index (Phi) is 12.6. The maximum atomic E-state index is 6.48. The van der Waals surface area contributed by atoms with E-state index in [1.54, 1.807) is 10.8 Å². The van der Waals surface area contributed by atoms with Crippen LogP contribution in [0.25, 0.3) is 61.4 Å². The van der Waals surface area contributed by atoms with Crippen molar-refractivity contribution in [1.82, 2.24) is 19.5 Å². The fourth-order valence-corrected chi connectivity index (χ4v) is 10.7. The van der Waals surface area contributed by atoms with Gasteiger partial charge in [0.05, 0.1) is 30.5 Å². The van der Waals surface area contributed by atoms with Gasteiger partial charge in [0.2, 0.25) is 5.71 Å². The molecule has 4 aromatic carbocycles. The molecule has 0 amide bonds. The van der Waals surface area contributed by atoms with Crippen molar-refractivity contribution in [2.75, 3.05) is 0 Å². The molecule has 0 saturated heterocycles. The van der Waals surface area contributed by atoms with Crippen molar-refractivity contribution in [2.24, 2.45) is 5.92 Å². The molecule has 1 saturated carbocycles. The first-order valence-electron chi connectivity index (χ1n) is 21.1. The van der Waals surface area contributed by atoms with E-state index in [9.17, 15) is 0 Å². The minimum atomic E-state index is -1.36. The van der Waals surface area contributed by atoms with Gasteiger partial charge in [-0.05, 0) is 86.3 Å². The summed E-state index contributed by atoms with van der Waals surface area (Å²) in [5, 5.41) is 3.69. The van der Waals surface area contributed by atoms with Gasteiger partial charge in [-0.25, -0.2) is 4.98 Å². The number of benzene rings is 4. The Hall–Kier alpha value is -4.68. The molecule has 0 bridgehead atoms. The number of aromatic nitrogens is 4. The van der Waals surface area contributed by atoms with E-state index >= 15 is 0 Å². The van der Waals surface area contributed by atoms with Crippen molar-refractivity contribution in [1.29, 1.82) is 0 Å². The Morgan fingerprint density at radius 3 is 2.27 bits per heavy atom. The van der Waals surface area contributed by atoms with Crippen LogP contribution in [0.1, 0.15) is 85.4 Å². The molecule has 0 N–H and O–H groups in total. The third kappa shape index (κ3) is 8.66. The van der Waals surface area contributed by atoms with Crippen LogP contribution in [0, 0.1) is 45.7 Å². The number of hydrogen-bond donors (Lipinski definition) is 0. The first-order chi connectivity index (χ1) is 27.9. The Labute approximate surface area is 365 Å². The van der Waals surface area contributed by atoms with Crippen LogP contribution >= 0.6 is 0 Å². The van der Waals surface area contributed by atoms with Crippen LogP contribution in [0.2, 0.25) is 19.6 Å². The van der Waals surface area contributed by atoms with Gasteiger partial charge in [0.1, 0.15) is 0 Å². The van der Waals surface area contributed by atoms with Crippen molar-refractivity contribution >= 4 is 46.4 Å². The minimum Gasteiger partial charge on any atom is -0.486 e. The third-order valence-corrected chi connectivity index (χ3v) is 13.9. The van der Waals surface area contributed by atoms with Crippen molar-refractivity contribution in [2.45, 2.75) is 106 Å². The van der Waals surface area contributed by atoms with Crippen LogP contribution in [-0.2, 0) is 26.5 Å². The van der Waals surface area contributed by atoms with Gasteiger partial charge in [-0.15, -0.1) is 53.6 Å². The molecule has 0 unspecified atom stereocenters. The number of nitrogens with zero attached hydrogens (tertiary/aromatic N) is 4. The number of para-hydroxylation sites is 2. The van der Waals surface area contributed by atoms with Crippen molar-refractivity contribution in [3.8, 4) is 28.3 Å². The average molecular weight is 973 g/mol. The molecule has 9 rings (SSSR count). The normalized spacial score (nSPS) is 13.5. The molecule has 0 spiro atoms. The smallest absolute Gasteiger partial charge is 0.216 e. The Balaban J connectivity index is 0.000000192. The summed E-state index contributed by atoms with van der Waals surface area (Å²) in [6.45, 7) is 20.2. The molecule has 0 aliphatic heterocycles. The molecule has 7 heteroatoms. The van der Waals surface area contributed by atoms with Crippen LogP contribution in [0.3, 0.4) is 0 Å². The van der Waals surface area contributed by atoms with Crippen LogP contribution in [0.5, 0.6) is 0 Å². The topological polar surface area (TPSA) is 56.7 Å². The van der Waals surface area contributed by atoms with E-state index in [2.05, 4.69) is 138 Å². The summed E-state index contributed by atoms with van der Waals surface area (Å²) >= 11 is 0. The van der Waals surface area contributed by atoms with E-state index in [1.165, 1.54) is 60.8 Å². The second-order valence-corrected chi connectivity index (χ2v) is 22.9. The zero-order chi connectivity index (χ0) is 40.7. The molecule has 8 aromatic rings. The Bertz CT molecular complexity index is 2730. The molecule has 4 aromatic heterocycles. The summed E-state index contributed by atoms with van der Waals surface area (Å²) in [5.41, 5.74) is 15.0. The monoisotopic (exact) mass is 973 g/mol. The Morgan fingerprint density at radius 1 is 0.847 bits per heavy atom. The number of fused-ring (bicyclic) bond motifs is 4. The fraction of sp³-hybridized carbons (Fsp3) is 0.327. The van der Waals surface area contributed by atoms with Gasteiger partial charge in [0.25, 0.3) is 0 Å². The minimum absolute atomic E-state index is 0. The summed E-state index contributed by atoms with van der Waals surface area (Å²) in [5.74, 6) is 2.02. The van der Waals surface area contributed by atoms with Gasteiger partial charge < -0.3 is 14.0 Å². The summed E-state index contributed by atoms with van der Waals surface area (Å²) in [6.07, 6.45) is 10.5. The Morgan fingerprint density at radius 2 is 1.58 bits per heavy atom. The number of pyridine rings is 2. The zero-order valence-corrected chi connectivity index (χ0v) is 39.5. The molecule has 1 radical (unpaired) electrons. The van der Waals surface area contributed by atoms with Crippen molar-refractivity contribution in [3.63, 3.8) is 0 Å². The molecule has 1 fully saturated rings. The molecule has 59 heavy (non-hydrogen) atoms. The van der Waals surface area contributed by atoms with Gasteiger partial charge in [-0.3, -0.25) is 4.98 Å². The zero-order valence-electron chi connectivity index (χ0n) is 36.1. The van der Waals surface area contributed by atoms with Gasteiger partial charge in [0.15, 0.2) is 0 Å². The predicted octanol–water partition coefficient (Wildman–Crippen LogP) is 13.4. The van der Waals surface area contributed by atoms with E-state index in [-0.39, 0.29) is 20.1 Å². The molecule has 0 atom stereocenters. The van der Waals surface area contributed by atoms with E-state index in [0.29, 0.717) is 11.6 Å². The van der Waals surface area contributed by atoms with Crippen LogP contribution < -0.4 is 5.19 Å². The summed E-state index contributed by atoms with van der Waals surface area (Å²) < 4.78 is 8.75. The van der Waals surface area contributed by atoms with Crippen LogP contribution in [-0.4, -0.2) is 27.6 Å². The summed E-state index contributed by atoms with van der Waals surface area (Å²) in [4.78, 5) is 14.6. The first-order valence-corrected chi connectivity index (χ1v) is 24.6. The standard InChI is InChI=1S/C31H28N3O.C21H28NSi.Ir/c1-17(2)22-13-14-24(29-27(22)23-12-11-21(6)32-31(23)35-29)30-33-25-9-7-8-10-26(25)34(30)28-19(4)15-18(3)16-20(28)5;1-23(2,3)21-16-22-20(18-12-8-5-9-13-18)15-19(21)14-17-10-6-4-7-11-17;/h7-13,15-17H,1-6H3;5,8-9,12,15-17H,4,6-7,10-11,14H2,1-3H3;/q2*-1;. The number of imidazole rings is 1. The molecule has 4 heterocycles. The molecule has 5 nitrogen and oxygen atoms in total. The number of furan rings is 1. The molecule has 1 aliphatic rings. The van der Waals surface area contributed by atoms with E-state index in [1.807, 2.05) is 31.2 Å². The fourth-order valence-electron chi connectivity index (χ4n) is 9.13. The van der Waals surface area contributed by atoms with E-state index in [4.69, 9.17) is 19.4 Å². The molecule has 1 aliphatic carbocycles. The summed E-state index contributed by atoms with van der Waals surface area (Å²) in [7, 11) is -1.36. The van der Waals surface area contributed by atoms with Crippen molar-refractivity contribution < 1.29 is 24.5 Å². The first kappa shape index (κ1) is 42.4. The second kappa shape index (κ2) is 17.5. The maximum Gasteiger partial charge on any atom is 0.216 e. The van der Waals surface area contributed by atoms with Gasteiger partial charge in [-0.1, -0.05) is 124 Å². The largest absolute Gasteiger partial charge is 0.486 e. The van der Waals surface area contributed by atoms with E-state index in [0.717, 1.165) is 67.3 Å². The van der Waals surface area contributed by atoms with Crippen LogP contribution in [0.4, 0.5) is 0 Å². The van der Waals surface area contributed by atoms with Gasteiger partial charge in [0, 0.05) is 43.1 Å². The average Bonchev–Trinajstić information content (AvgIpc) is 3.76. The summed E-state index contributed by atoms with van der Waals surface area (Å²) in [6, 6.07) is 36.5. The number of rotatable bonds is 7. The van der Waals surface area contributed by atoms with E-state index < -0.39 is 8.07 Å². The number of hydrogen-bond acceptors (Lipinski definition) is 4. The van der Waals surface area contributed by atoms with Gasteiger partial charge in [-0.2, -0.15) is 0 Å².